The molecule has 0 radical (unpaired) electrons. The lowest BCUT2D eigenvalue weighted by molar-refractivity contribution is -0.0523. The lowest BCUT2D eigenvalue weighted by Gasteiger charge is -2.36. The van der Waals surface area contributed by atoms with Gasteiger partial charge in [0.25, 0.3) is 0 Å². The minimum Gasteiger partial charge on any atom is -0.465 e. The highest BCUT2D eigenvalue weighted by atomic mass is 16.5. The molecule has 0 bridgehead atoms. The van der Waals surface area contributed by atoms with Gasteiger partial charge in [-0.25, -0.2) is 0 Å². The van der Waals surface area contributed by atoms with Crippen molar-refractivity contribution in [3.63, 3.8) is 0 Å². The third-order valence-corrected chi connectivity index (χ3v) is 4.27. The molecular weight excluding hydrogens is 252 g/mol. The van der Waals surface area contributed by atoms with Gasteiger partial charge in [-0.2, -0.15) is 0 Å². The van der Waals surface area contributed by atoms with Gasteiger partial charge in [-0.05, 0) is 25.0 Å². The molecule has 1 aromatic rings. The average Bonchev–Trinajstić information content (AvgIpc) is 2.95. The van der Waals surface area contributed by atoms with E-state index in [0.29, 0.717) is 12.1 Å². The first kappa shape index (κ1) is 14.1. The summed E-state index contributed by atoms with van der Waals surface area (Å²) >= 11 is 0. The molecule has 2 aliphatic heterocycles. The third-order valence-electron chi connectivity index (χ3n) is 4.27. The molecule has 2 atom stereocenters. The summed E-state index contributed by atoms with van der Waals surface area (Å²) in [6.07, 6.45) is 0.374. The molecule has 3 rings (SSSR count). The zero-order chi connectivity index (χ0) is 14.1. The molecule has 2 fully saturated rings. The van der Waals surface area contributed by atoms with Crippen LogP contribution in [-0.2, 0) is 11.3 Å². The van der Waals surface area contributed by atoms with Crippen molar-refractivity contribution in [1.29, 1.82) is 0 Å². The number of nitrogens with zero attached hydrogens (tertiary/aromatic N) is 2. The summed E-state index contributed by atoms with van der Waals surface area (Å²) < 4.78 is 11.7. The van der Waals surface area contributed by atoms with Gasteiger partial charge in [0.1, 0.15) is 11.5 Å². The number of furan rings is 1. The fourth-order valence-electron chi connectivity index (χ4n) is 3.47. The van der Waals surface area contributed by atoms with Crippen LogP contribution in [0.25, 0.3) is 0 Å². The van der Waals surface area contributed by atoms with E-state index in [1.807, 2.05) is 13.0 Å². The van der Waals surface area contributed by atoms with Crippen LogP contribution in [0.5, 0.6) is 0 Å². The fraction of sp³-hybridized carbons (Fsp3) is 0.750. The molecule has 0 unspecified atom stereocenters. The van der Waals surface area contributed by atoms with Crippen molar-refractivity contribution in [2.24, 2.45) is 5.92 Å². The smallest absolute Gasteiger partial charge is 0.118 e. The van der Waals surface area contributed by atoms with Crippen molar-refractivity contribution in [3.8, 4) is 0 Å². The van der Waals surface area contributed by atoms with Crippen molar-refractivity contribution in [2.45, 2.75) is 39.5 Å². The highest BCUT2D eigenvalue weighted by Crippen LogP contribution is 2.25. The first-order valence-corrected chi connectivity index (χ1v) is 7.75. The van der Waals surface area contributed by atoms with Crippen molar-refractivity contribution >= 4 is 0 Å². The van der Waals surface area contributed by atoms with E-state index in [2.05, 4.69) is 29.7 Å². The number of aryl methyl sites for hydroxylation is 1. The second kappa shape index (κ2) is 5.88. The first-order valence-electron chi connectivity index (χ1n) is 7.75. The van der Waals surface area contributed by atoms with E-state index in [1.165, 1.54) is 6.54 Å². The predicted molar refractivity (Wildman–Crippen MR) is 78.7 cm³/mol. The molecule has 2 aliphatic rings. The zero-order valence-electron chi connectivity index (χ0n) is 12.8. The van der Waals surface area contributed by atoms with Crippen LogP contribution in [0, 0.1) is 12.8 Å². The van der Waals surface area contributed by atoms with E-state index in [9.17, 15) is 0 Å². The predicted octanol–water partition coefficient (Wildman–Crippen LogP) is 2.13. The van der Waals surface area contributed by atoms with E-state index < -0.39 is 0 Å². The second-order valence-electron chi connectivity index (χ2n) is 6.57. The Morgan fingerprint density at radius 1 is 1.30 bits per heavy atom. The van der Waals surface area contributed by atoms with Crippen LogP contribution in [-0.4, -0.2) is 54.7 Å². The summed E-state index contributed by atoms with van der Waals surface area (Å²) in [4.78, 5) is 5.08. The summed E-state index contributed by atoms with van der Waals surface area (Å²) in [7, 11) is 0. The van der Waals surface area contributed by atoms with Crippen LogP contribution in [0.1, 0.15) is 25.4 Å². The maximum absolute atomic E-state index is 5.97. The summed E-state index contributed by atoms with van der Waals surface area (Å²) in [6.45, 7) is 12.7. The van der Waals surface area contributed by atoms with Gasteiger partial charge >= 0.3 is 0 Å². The lowest BCUT2D eigenvalue weighted by Crippen LogP contribution is -2.50. The Morgan fingerprint density at radius 2 is 2.15 bits per heavy atom. The van der Waals surface area contributed by atoms with Crippen LogP contribution < -0.4 is 0 Å². The quantitative estimate of drug-likeness (QED) is 0.843. The highest BCUT2D eigenvalue weighted by Gasteiger charge is 2.40. The maximum Gasteiger partial charge on any atom is 0.118 e. The Bertz CT molecular complexity index is 443. The third kappa shape index (κ3) is 3.08. The van der Waals surface area contributed by atoms with Crippen molar-refractivity contribution < 1.29 is 9.15 Å². The van der Waals surface area contributed by atoms with Gasteiger partial charge in [0.15, 0.2) is 0 Å². The SMILES string of the molecule is Cc1ccc(CN2CCO[C@@H]3CN(CC(C)C)C[C@@H]32)o1. The van der Waals surface area contributed by atoms with Crippen LogP contribution in [0.15, 0.2) is 16.5 Å². The molecule has 112 valence electrons. The largest absolute Gasteiger partial charge is 0.465 e. The highest BCUT2D eigenvalue weighted by molar-refractivity contribution is 5.06. The lowest BCUT2D eigenvalue weighted by atomic mass is 10.1. The molecule has 20 heavy (non-hydrogen) atoms. The molecule has 2 saturated heterocycles. The van der Waals surface area contributed by atoms with Gasteiger partial charge in [-0.3, -0.25) is 9.80 Å². The van der Waals surface area contributed by atoms with Gasteiger partial charge in [0.2, 0.25) is 0 Å². The molecule has 4 heteroatoms. The second-order valence-corrected chi connectivity index (χ2v) is 6.57. The van der Waals surface area contributed by atoms with Crippen molar-refractivity contribution in [3.05, 3.63) is 23.7 Å². The molecule has 0 N–H and O–H groups in total. The molecule has 0 amide bonds. The topological polar surface area (TPSA) is 28.9 Å². The normalized spacial score (nSPS) is 28.2. The monoisotopic (exact) mass is 278 g/mol. The number of rotatable bonds is 4. The molecule has 3 heterocycles. The summed E-state index contributed by atoms with van der Waals surface area (Å²) in [5.74, 6) is 2.79. The van der Waals surface area contributed by atoms with Gasteiger partial charge in [0, 0.05) is 26.2 Å². The molecule has 0 aliphatic carbocycles. The van der Waals surface area contributed by atoms with Crippen LogP contribution in [0.2, 0.25) is 0 Å². The Labute approximate surface area is 121 Å². The Morgan fingerprint density at radius 3 is 2.85 bits per heavy atom. The minimum absolute atomic E-state index is 0.374. The van der Waals surface area contributed by atoms with E-state index in [4.69, 9.17) is 9.15 Å². The van der Waals surface area contributed by atoms with E-state index in [0.717, 1.165) is 50.2 Å². The van der Waals surface area contributed by atoms with E-state index in [-0.39, 0.29) is 0 Å². The summed E-state index contributed by atoms with van der Waals surface area (Å²) in [5.41, 5.74) is 0. The van der Waals surface area contributed by atoms with Gasteiger partial charge in [-0.1, -0.05) is 13.8 Å². The van der Waals surface area contributed by atoms with Crippen LogP contribution in [0.3, 0.4) is 0 Å². The molecule has 0 aromatic carbocycles. The van der Waals surface area contributed by atoms with Crippen molar-refractivity contribution in [1.82, 2.24) is 9.80 Å². The van der Waals surface area contributed by atoms with Crippen LogP contribution in [0.4, 0.5) is 0 Å². The fourth-order valence-corrected chi connectivity index (χ4v) is 3.47. The number of morpholine rings is 1. The number of fused-ring (bicyclic) bond motifs is 1. The summed E-state index contributed by atoms with van der Waals surface area (Å²) in [6, 6.07) is 4.67. The molecule has 4 nitrogen and oxygen atoms in total. The molecular formula is C16H26N2O2. The molecule has 0 saturated carbocycles. The van der Waals surface area contributed by atoms with E-state index >= 15 is 0 Å². The molecule has 0 spiro atoms. The first-order chi connectivity index (χ1) is 9.61. The Kier molecular flexibility index (Phi) is 4.15. The molecule has 1 aromatic heterocycles. The Hall–Kier alpha value is -0.840. The number of hydrogen-bond donors (Lipinski definition) is 0. The van der Waals surface area contributed by atoms with Crippen LogP contribution >= 0.6 is 0 Å². The maximum atomic E-state index is 5.97. The zero-order valence-corrected chi connectivity index (χ0v) is 12.8. The Balaban J connectivity index is 1.63. The summed E-state index contributed by atoms with van der Waals surface area (Å²) in [5, 5.41) is 0. The number of ether oxygens (including phenoxy) is 1. The number of likely N-dealkylation sites (tertiary alicyclic amines) is 1. The van der Waals surface area contributed by atoms with E-state index in [1.54, 1.807) is 0 Å². The average molecular weight is 278 g/mol. The van der Waals surface area contributed by atoms with Gasteiger partial charge < -0.3 is 9.15 Å². The van der Waals surface area contributed by atoms with Gasteiger partial charge in [0.05, 0.1) is 25.3 Å². The number of hydrogen-bond acceptors (Lipinski definition) is 4. The van der Waals surface area contributed by atoms with Gasteiger partial charge in [-0.15, -0.1) is 0 Å². The standard InChI is InChI=1S/C16H26N2O2/c1-12(2)8-17-10-15-16(11-17)19-7-6-18(15)9-14-5-4-13(3)20-14/h4-5,12,15-16H,6-11H2,1-3H3/t15-,16+/m0/s1. The minimum atomic E-state index is 0.374. The van der Waals surface area contributed by atoms with Crippen molar-refractivity contribution in [2.75, 3.05) is 32.8 Å².